The van der Waals surface area contributed by atoms with Gasteiger partial charge in [0.05, 0.1) is 11.0 Å². The summed E-state index contributed by atoms with van der Waals surface area (Å²) in [6.45, 7) is 2.13. The summed E-state index contributed by atoms with van der Waals surface area (Å²) in [4.78, 5) is 14.9. The Hall–Kier alpha value is -1.49. The van der Waals surface area contributed by atoms with Crippen molar-refractivity contribution in [3.05, 3.63) is 30.1 Å². The van der Waals surface area contributed by atoms with Crippen LogP contribution < -0.4 is 0 Å². The molecule has 1 fully saturated rings. The smallest absolute Gasteiger partial charge is 0.158 e. The molecule has 4 nitrogen and oxygen atoms in total. The molecule has 0 saturated carbocycles. The first-order chi connectivity index (χ1) is 9.81. The molecule has 0 aliphatic carbocycles. The van der Waals surface area contributed by atoms with Crippen LogP contribution in [0, 0.1) is 0 Å². The standard InChI is InChI=1S/C15H20N4S/c1-16-15(20-2)19-9-7-11(8-10-19)14-17-12-5-3-4-6-13(12)18-14/h3-6,11H,7-10H2,1-2H3,(H,17,18). The third-order valence-electron chi connectivity index (χ3n) is 3.93. The van der Waals surface area contributed by atoms with Crippen molar-refractivity contribution in [2.75, 3.05) is 26.4 Å². The number of imidazole rings is 1. The number of rotatable bonds is 1. The number of fused-ring (bicyclic) bond motifs is 1. The average molecular weight is 288 g/mol. The van der Waals surface area contributed by atoms with E-state index in [0.29, 0.717) is 5.92 Å². The van der Waals surface area contributed by atoms with Gasteiger partial charge >= 0.3 is 0 Å². The Morgan fingerprint density at radius 3 is 2.75 bits per heavy atom. The predicted molar refractivity (Wildman–Crippen MR) is 86.5 cm³/mol. The minimum Gasteiger partial charge on any atom is -0.351 e. The zero-order chi connectivity index (χ0) is 13.9. The molecule has 5 heteroatoms. The Kier molecular flexibility index (Phi) is 3.96. The van der Waals surface area contributed by atoms with E-state index in [0.717, 1.165) is 48.0 Å². The number of H-pyrrole nitrogens is 1. The van der Waals surface area contributed by atoms with Crippen LogP contribution in [0.4, 0.5) is 0 Å². The molecule has 106 valence electrons. The fraction of sp³-hybridized carbons (Fsp3) is 0.467. The maximum Gasteiger partial charge on any atom is 0.158 e. The van der Waals surface area contributed by atoms with Crippen molar-refractivity contribution in [2.45, 2.75) is 18.8 Å². The van der Waals surface area contributed by atoms with Crippen LogP contribution in [0.1, 0.15) is 24.6 Å². The number of nitrogens with zero attached hydrogens (tertiary/aromatic N) is 3. The topological polar surface area (TPSA) is 44.3 Å². The Morgan fingerprint density at radius 1 is 1.35 bits per heavy atom. The van der Waals surface area contributed by atoms with Crippen molar-refractivity contribution in [3.63, 3.8) is 0 Å². The Balaban J connectivity index is 1.71. The summed E-state index contributed by atoms with van der Waals surface area (Å²) in [7, 11) is 1.87. The number of hydrogen-bond donors (Lipinski definition) is 1. The van der Waals surface area contributed by atoms with E-state index < -0.39 is 0 Å². The van der Waals surface area contributed by atoms with Gasteiger partial charge in [-0.2, -0.15) is 0 Å². The number of aromatic nitrogens is 2. The van der Waals surface area contributed by atoms with Crippen LogP contribution in [0.25, 0.3) is 11.0 Å². The van der Waals surface area contributed by atoms with E-state index in [1.165, 1.54) is 0 Å². The van der Waals surface area contributed by atoms with Gasteiger partial charge in [-0.3, -0.25) is 4.99 Å². The number of aliphatic imine (C=N–C) groups is 1. The van der Waals surface area contributed by atoms with Crippen molar-refractivity contribution >= 4 is 28.0 Å². The highest BCUT2D eigenvalue weighted by Crippen LogP contribution is 2.28. The second kappa shape index (κ2) is 5.87. The van der Waals surface area contributed by atoms with Gasteiger partial charge in [-0.25, -0.2) is 4.98 Å². The molecule has 0 bridgehead atoms. The predicted octanol–water partition coefficient (Wildman–Crippen LogP) is 3.09. The number of thioether (sulfide) groups is 1. The highest BCUT2D eigenvalue weighted by Gasteiger charge is 2.24. The number of piperidine rings is 1. The van der Waals surface area contributed by atoms with Gasteiger partial charge in [-0.05, 0) is 31.2 Å². The first-order valence-corrected chi connectivity index (χ1v) is 8.24. The van der Waals surface area contributed by atoms with Crippen molar-refractivity contribution < 1.29 is 0 Å². The number of para-hydroxylation sites is 2. The third kappa shape index (κ3) is 2.54. The molecule has 0 unspecified atom stereocenters. The largest absolute Gasteiger partial charge is 0.351 e. The van der Waals surface area contributed by atoms with Gasteiger partial charge in [0.15, 0.2) is 5.17 Å². The van der Waals surface area contributed by atoms with E-state index >= 15 is 0 Å². The van der Waals surface area contributed by atoms with Crippen LogP contribution in [-0.4, -0.2) is 46.4 Å². The lowest BCUT2D eigenvalue weighted by Crippen LogP contribution is -2.36. The van der Waals surface area contributed by atoms with Crippen LogP contribution in [0.5, 0.6) is 0 Å². The molecular formula is C15H20N4S. The molecule has 1 N–H and O–H groups in total. The van der Waals surface area contributed by atoms with Crippen LogP contribution in [0.3, 0.4) is 0 Å². The van der Waals surface area contributed by atoms with E-state index in [1.54, 1.807) is 11.8 Å². The Bertz CT molecular complexity index is 578. The van der Waals surface area contributed by atoms with E-state index in [-0.39, 0.29) is 0 Å². The summed E-state index contributed by atoms with van der Waals surface area (Å²) in [5.41, 5.74) is 2.22. The maximum atomic E-state index is 4.74. The molecule has 0 radical (unpaired) electrons. The lowest BCUT2D eigenvalue weighted by molar-refractivity contribution is 0.312. The van der Waals surface area contributed by atoms with E-state index in [9.17, 15) is 0 Å². The van der Waals surface area contributed by atoms with Gasteiger partial charge < -0.3 is 9.88 Å². The zero-order valence-electron chi connectivity index (χ0n) is 12.0. The molecular weight excluding hydrogens is 268 g/mol. The molecule has 0 atom stereocenters. The molecule has 2 aromatic rings. The highest BCUT2D eigenvalue weighted by atomic mass is 32.2. The maximum absolute atomic E-state index is 4.74. The van der Waals surface area contributed by atoms with E-state index in [4.69, 9.17) is 4.98 Å². The zero-order valence-corrected chi connectivity index (χ0v) is 12.8. The van der Waals surface area contributed by atoms with Gasteiger partial charge in [0.25, 0.3) is 0 Å². The average Bonchev–Trinajstić information content (AvgIpc) is 2.93. The number of likely N-dealkylation sites (tertiary alicyclic amines) is 1. The quantitative estimate of drug-likeness (QED) is 0.648. The van der Waals surface area contributed by atoms with Crippen LogP contribution in [-0.2, 0) is 0 Å². The second-order valence-corrected chi connectivity index (χ2v) is 5.88. The van der Waals surface area contributed by atoms with E-state index in [1.807, 2.05) is 13.1 Å². The molecule has 2 heterocycles. The molecule has 20 heavy (non-hydrogen) atoms. The van der Waals surface area contributed by atoms with Gasteiger partial charge in [0, 0.05) is 26.1 Å². The normalized spacial score (nSPS) is 17.9. The van der Waals surface area contributed by atoms with Crippen molar-refractivity contribution in [3.8, 4) is 0 Å². The minimum atomic E-state index is 0.540. The number of benzene rings is 1. The fourth-order valence-corrected chi connectivity index (χ4v) is 3.50. The minimum absolute atomic E-state index is 0.540. The lowest BCUT2D eigenvalue weighted by atomic mass is 9.96. The van der Waals surface area contributed by atoms with Gasteiger partial charge in [0.1, 0.15) is 5.82 Å². The molecule has 0 spiro atoms. The Morgan fingerprint density at radius 2 is 2.10 bits per heavy atom. The Labute approximate surface area is 123 Å². The summed E-state index contributed by atoms with van der Waals surface area (Å²) in [5, 5.41) is 1.15. The summed E-state index contributed by atoms with van der Waals surface area (Å²) in [5.74, 6) is 1.68. The highest BCUT2D eigenvalue weighted by molar-refractivity contribution is 8.13. The summed E-state index contributed by atoms with van der Waals surface area (Å²) in [6, 6.07) is 8.25. The van der Waals surface area contributed by atoms with Crippen molar-refractivity contribution in [2.24, 2.45) is 4.99 Å². The molecule has 1 aliphatic rings. The van der Waals surface area contributed by atoms with Crippen LogP contribution >= 0.6 is 11.8 Å². The van der Waals surface area contributed by atoms with Crippen molar-refractivity contribution in [1.29, 1.82) is 0 Å². The monoisotopic (exact) mass is 288 g/mol. The van der Waals surface area contributed by atoms with Gasteiger partial charge in [-0.15, -0.1) is 0 Å². The SMILES string of the molecule is CN=C(SC)N1CCC(c2nc3ccccc3[nH]2)CC1. The summed E-state index contributed by atoms with van der Waals surface area (Å²) < 4.78 is 0. The second-order valence-electron chi connectivity index (χ2n) is 5.11. The number of nitrogens with one attached hydrogen (secondary N) is 1. The first-order valence-electron chi connectivity index (χ1n) is 7.02. The van der Waals surface area contributed by atoms with Gasteiger partial charge in [0.2, 0.25) is 0 Å². The summed E-state index contributed by atoms with van der Waals surface area (Å²) >= 11 is 1.73. The molecule has 1 saturated heterocycles. The fourth-order valence-electron chi connectivity index (χ4n) is 2.87. The third-order valence-corrected chi connectivity index (χ3v) is 4.74. The molecule has 1 aromatic carbocycles. The number of aromatic amines is 1. The first kappa shape index (κ1) is 13.5. The molecule has 1 aromatic heterocycles. The van der Waals surface area contributed by atoms with Crippen molar-refractivity contribution in [1.82, 2.24) is 14.9 Å². The van der Waals surface area contributed by atoms with Crippen LogP contribution in [0.2, 0.25) is 0 Å². The number of amidine groups is 1. The lowest BCUT2D eigenvalue weighted by Gasteiger charge is -2.32. The summed E-state index contributed by atoms with van der Waals surface area (Å²) in [6.07, 6.45) is 4.37. The van der Waals surface area contributed by atoms with E-state index in [2.05, 4.69) is 39.3 Å². The van der Waals surface area contributed by atoms with Crippen LogP contribution in [0.15, 0.2) is 29.3 Å². The molecule has 0 amide bonds. The number of hydrogen-bond acceptors (Lipinski definition) is 3. The molecule has 3 rings (SSSR count). The van der Waals surface area contributed by atoms with Gasteiger partial charge in [-0.1, -0.05) is 23.9 Å². The molecule has 1 aliphatic heterocycles.